The van der Waals surface area contributed by atoms with Gasteiger partial charge in [-0.05, 0) is 43.7 Å². The van der Waals surface area contributed by atoms with E-state index in [9.17, 15) is 0 Å². The summed E-state index contributed by atoms with van der Waals surface area (Å²) in [4.78, 5) is 1.47. The van der Waals surface area contributed by atoms with Gasteiger partial charge >= 0.3 is 0 Å². The number of aryl methyl sites for hydroxylation is 3. The topological polar surface area (TPSA) is 29.9 Å². The van der Waals surface area contributed by atoms with E-state index in [0.29, 0.717) is 6.04 Å². The smallest absolute Gasteiger partial charge is 0.0669 e. The van der Waals surface area contributed by atoms with Crippen LogP contribution >= 0.6 is 11.3 Å². The molecule has 20 heavy (non-hydrogen) atoms. The minimum atomic E-state index is 0.417. The van der Waals surface area contributed by atoms with E-state index in [-0.39, 0.29) is 0 Å². The van der Waals surface area contributed by atoms with E-state index in [0.717, 1.165) is 32.2 Å². The van der Waals surface area contributed by atoms with Crippen molar-refractivity contribution in [1.29, 1.82) is 0 Å². The summed E-state index contributed by atoms with van der Waals surface area (Å²) in [5.41, 5.74) is 2.60. The SMILES string of the molecule is CCCNC(CCc1cccs1)c1cn(C)nc1CC. The Hall–Kier alpha value is -1.13. The van der Waals surface area contributed by atoms with E-state index in [1.54, 1.807) is 0 Å². The average Bonchev–Trinajstić information content (AvgIpc) is 3.08. The number of hydrogen-bond donors (Lipinski definition) is 1. The summed E-state index contributed by atoms with van der Waals surface area (Å²) in [5.74, 6) is 0. The fraction of sp³-hybridized carbons (Fsp3) is 0.562. The summed E-state index contributed by atoms with van der Waals surface area (Å²) < 4.78 is 1.94. The Balaban J connectivity index is 2.09. The molecular weight excluding hydrogens is 266 g/mol. The maximum atomic E-state index is 4.58. The molecule has 0 bridgehead atoms. The fourth-order valence-corrected chi connectivity index (χ4v) is 3.27. The van der Waals surface area contributed by atoms with Crippen molar-refractivity contribution in [2.75, 3.05) is 6.54 Å². The van der Waals surface area contributed by atoms with Gasteiger partial charge in [0.2, 0.25) is 0 Å². The highest BCUT2D eigenvalue weighted by Gasteiger charge is 2.17. The molecule has 3 nitrogen and oxygen atoms in total. The van der Waals surface area contributed by atoms with Crippen LogP contribution in [0.3, 0.4) is 0 Å². The molecule has 0 fully saturated rings. The zero-order valence-corrected chi connectivity index (χ0v) is 13.5. The predicted octanol–water partition coefficient (Wildman–Crippen LogP) is 3.72. The third kappa shape index (κ3) is 3.93. The van der Waals surface area contributed by atoms with Crippen molar-refractivity contribution >= 4 is 11.3 Å². The molecule has 2 heterocycles. The lowest BCUT2D eigenvalue weighted by atomic mass is 10.0. The van der Waals surface area contributed by atoms with E-state index >= 15 is 0 Å². The van der Waals surface area contributed by atoms with Gasteiger partial charge in [0.15, 0.2) is 0 Å². The third-order valence-corrected chi connectivity index (χ3v) is 4.48. The van der Waals surface area contributed by atoms with Crippen molar-refractivity contribution in [3.8, 4) is 0 Å². The molecule has 0 aromatic carbocycles. The van der Waals surface area contributed by atoms with Gasteiger partial charge in [0.1, 0.15) is 0 Å². The summed E-state index contributed by atoms with van der Waals surface area (Å²) in [5, 5.41) is 10.4. The Morgan fingerprint density at radius 1 is 1.40 bits per heavy atom. The first-order valence-corrected chi connectivity index (χ1v) is 8.40. The first-order valence-electron chi connectivity index (χ1n) is 7.52. The maximum Gasteiger partial charge on any atom is 0.0669 e. The molecule has 1 unspecified atom stereocenters. The van der Waals surface area contributed by atoms with Gasteiger partial charge in [-0.2, -0.15) is 5.10 Å². The van der Waals surface area contributed by atoms with Gasteiger partial charge in [0, 0.05) is 29.7 Å². The van der Waals surface area contributed by atoms with Gasteiger partial charge in [-0.15, -0.1) is 11.3 Å². The number of aromatic nitrogens is 2. The van der Waals surface area contributed by atoms with Crippen LogP contribution < -0.4 is 5.32 Å². The molecule has 1 N–H and O–H groups in total. The van der Waals surface area contributed by atoms with Crippen LogP contribution in [0.2, 0.25) is 0 Å². The second-order valence-corrected chi connectivity index (χ2v) is 6.22. The first kappa shape index (κ1) is 15.3. The highest BCUT2D eigenvalue weighted by Crippen LogP contribution is 2.24. The summed E-state index contributed by atoms with van der Waals surface area (Å²) in [6.07, 6.45) is 6.62. The Morgan fingerprint density at radius 2 is 2.25 bits per heavy atom. The number of nitrogens with zero attached hydrogens (tertiary/aromatic N) is 2. The molecule has 0 aliphatic carbocycles. The minimum absolute atomic E-state index is 0.417. The zero-order chi connectivity index (χ0) is 14.4. The second-order valence-electron chi connectivity index (χ2n) is 5.18. The molecule has 2 aromatic rings. The number of rotatable bonds is 8. The zero-order valence-electron chi connectivity index (χ0n) is 12.7. The van der Waals surface area contributed by atoms with Crippen molar-refractivity contribution in [2.24, 2.45) is 7.05 Å². The van der Waals surface area contributed by atoms with E-state index in [1.807, 2.05) is 23.1 Å². The molecule has 0 aliphatic rings. The van der Waals surface area contributed by atoms with Crippen molar-refractivity contribution in [2.45, 2.75) is 45.6 Å². The van der Waals surface area contributed by atoms with Gasteiger partial charge in [-0.25, -0.2) is 0 Å². The van der Waals surface area contributed by atoms with Crippen molar-refractivity contribution in [3.05, 3.63) is 39.8 Å². The monoisotopic (exact) mass is 291 g/mol. The summed E-state index contributed by atoms with van der Waals surface area (Å²) in [6, 6.07) is 4.78. The van der Waals surface area contributed by atoms with Crippen LogP contribution in [-0.2, 0) is 19.9 Å². The van der Waals surface area contributed by atoms with Crippen LogP contribution in [0.15, 0.2) is 23.7 Å². The first-order chi connectivity index (χ1) is 9.74. The number of hydrogen-bond acceptors (Lipinski definition) is 3. The van der Waals surface area contributed by atoms with E-state index in [1.165, 1.54) is 16.1 Å². The fourth-order valence-electron chi connectivity index (χ4n) is 2.55. The molecular formula is C16H25N3S. The summed E-state index contributed by atoms with van der Waals surface area (Å²) >= 11 is 1.85. The Kier molecular flexibility index (Phi) is 5.80. The summed E-state index contributed by atoms with van der Waals surface area (Å²) in [7, 11) is 2.01. The van der Waals surface area contributed by atoms with Crippen LogP contribution in [0.5, 0.6) is 0 Å². The highest BCUT2D eigenvalue weighted by molar-refractivity contribution is 7.09. The molecule has 1 atom stereocenters. The quantitative estimate of drug-likeness (QED) is 0.803. The summed E-state index contributed by atoms with van der Waals surface area (Å²) in [6.45, 7) is 5.46. The lowest BCUT2D eigenvalue weighted by Gasteiger charge is -2.18. The normalized spacial score (nSPS) is 12.8. The van der Waals surface area contributed by atoms with Crippen LogP contribution in [-0.4, -0.2) is 16.3 Å². The maximum absolute atomic E-state index is 4.58. The lowest BCUT2D eigenvalue weighted by Crippen LogP contribution is -2.23. The van der Waals surface area contributed by atoms with E-state index in [4.69, 9.17) is 0 Å². The molecule has 0 saturated carbocycles. The molecule has 0 spiro atoms. The van der Waals surface area contributed by atoms with Crippen LogP contribution in [0.25, 0.3) is 0 Å². The second kappa shape index (κ2) is 7.60. The van der Waals surface area contributed by atoms with Gasteiger partial charge in [0.05, 0.1) is 5.69 Å². The van der Waals surface area contributed by atoms with Crippen LogP contribution in [0, 0.1) is 0 Å². The van der Waals surface area contributed by atoms with Gasteiger partial charge < -0.3 is 5.32 Å². The molecule has 0 amide bonds. The third-order valence-electron chi connectivity index (χ3n) is 3.55. The Labute approximate surface area is 126 Å². The van der Waals surface area contributed by atoms with E-state index in [2.05, 4.69) is 48.0 Å². The van der Waals surface area contributed by atoms with Crippen molar-refractivity contribution < 1.29 is 0 Å². The predicted molar refractivity (Wildman–Crippen MR) is 86.3 cm³/mol. The molecule has 2 rings (SSSR count). The average molecular weight is 291 g/mol. The molecule has 4 heteroatoms. The molecule has 0 radical (unpaired) electrons. The standard InChI is InChI=1S/C16H25N3S/c1-4-10-17-16(9-8-13-7-6-11-20-13)14-12-19(3)18-15(14)5-2/h6-7,11-12,16-17H,4-5,8-10H2,1-3H3. The van der Waals surface area contributed by atoms with Crippen molar-refractivity contribution in [1.82, 2.24) is 15.1 Å². The number of nitrogens with one attached hydrogen (secondary N) is 1. The largest absolute Gasteiger partial charge is 0.310 e. The van der Waals surface area contributed by atoms with Gasteiger partial charge in [0.25, 0.3) is 0 Å². The Bertz CT molecular complexity index is 502. The van der Waals surface area contributed by atoms with Crippen LogP contribution in [0.1, 0.15) is 48.9 Å². The number of thiophene rings is 1. The Morgan fingerprint density at radius 3 is 2.90 bits per heavy atom. The van der Waals surface area contributed by atoms with Crippen molar-refractivity contribution in [3.63, 3.8) is 0 Å². The highest BCUT2D eigenvalue weighted by atomic mass is 32.1. The minimum Gasteiger partial charge on any atom is -0.310 e. The molecule has 2 aromatic heterocycles. The van der Waals surface area contributed by atoms with E-state index < -0.39 is 0 Å². The molecule has 110 valence electrons. The lowest BCUT2D eigenvalue weighted by molar-refractivity contribution is 0.497. The van der Waals surface area contributed by atoms with Gasteiger partial charge in [-0.1, -0.05) is 19.9 Å². The molecule has 0 saturated heterocycles. The van der Waals surface area contributed by atoms with Crippen LogP contribution in [0.4, 0.5) is 0 Å². The van der Waals surface area contributed by atoms with Gasteiger partial charge in [-0.3, -0.25) is 4.68 Å². The molecule has 0 aliphatic heterocycles.